The lowest BCUT2D eigenvalue weighted by Gasteiger charge is -2.42. The van der Waals surface area contributed by atoms with Crippen LogP contribution in [0.2, 0.25) is 0 Å². The smallest absolute Gasteiger partial charge is 0.212 e. The summed E-state index contributed by atoms with van der Waals surface area (Å²) in [5.74, 6) is 1.59. The van der Waals surface area contributed by atoms with Crippen molar-refractivity contribution in [1.82, 2.24) is 15.0 Å². The van der Waals surface area contributed by atoms with Crippen LogP contribution in [0.15, 0.2) is 48.9 Å². The minimum absolute atomic E-state index is 0.269. The van der Waals surface area contributed by atoms with Gasteiger partial charge in [0.15, 0.2) is 0 Å². The molecule has 0 unspecified atom stereocenters. The van der Waals surface area contributed by atoms with Gasteiger partial charge in [-0.05, 0) is 48.9 Å². The topological polar surface area (TPSA) is 65.0 Å². The molecule has 2 heterocycles. The predicted octanol–water partition coefficient (Wildman–Crippen LogP) is 4.40. The van der Waals surface area contributed by atoms with Gasteiger partial charge in [0.05, 0.1) is 12.5 Å². The number of nitrogens with zero attached hydrogens (tertiary/aromatic N) is 3. The highest BCUT2D eigenvalue weighted by Crippen LogP contribution is 2.47. The maximum absolute atomic E-state index is 13.3. The molecule has 5 nitrogen and oxygen atoms in total. The second kappa shape index (κ2) is 7.74. The lowest BCUT2D eigenvalue weighted by atomic mass is 9.60. The Kier molecular flexibility index (Phi) is 5.14. The number of rotatable bonds is 6. The molecule has 1 aliphatic carbocycles. The number of hydrogen-bond donors (Lipinski definition) is 0. The molecule has 3 aromatic rings. The van der Waals surface area contributed by atoms with Crippen LogP contribution in [0.1, 0.15) is 41.8 Å². The molecule has 5 heteroatoms. The molecule has 148 valence electrons. The van der Waals surface area contributed by atoms with Gasteiger partial charge in [0.2, 0.25) is 5.88 Å². The predicted molar refractivity (Wildman–Crippen MR) is 112 cm³/mol. The van der Waals surface area contributed by atoms with E-state index in [0.29, 0.717) is 12.3 Å². The highest BCUT2D eigenvalue weighted by atomic mass is 16.5. The van der Waals surface area contributed by atoms with E-state index in [9.17, 15) is 4.79 Å². The van der Waals surface area contributed by atoms with Crippen LogP contribution in [-0.4, -0.2) is 27.8 Å². The van der Waals surface area contributed by atoms with Crippen molar-refractivity contribution in [1.29, 1.82) is 0 Å². The molecule has 0 aliphatic heterocycles. The molecule has 4 rings (SSSR count). The number of ketones is 1. The molecule has 2 aromatic heterocycles. The average Bonchev–Trinajstić information content (AvgIpc) is 2.69. The Bertz CT molecular complexity index is 1020. The van der Waals surface area contributed by atoms with Crippen molar-refractivity contribution in [2.75, 3.05) is 7.11 Å². The molecular formula is C24H25N3O2. The van der Waals surface area contributed by atoms with Gasteiger partial charge < -0.3 is 4.74 Å². The summed E-state index contributed by atoms with van der Waals surface area (Å²) in [5, 5.41) is 0. The van der Waals surface area contributed by atoms with Crippen molar-refractivity contribution in [2.45, 2.75) is 44.9 Å². The average molecular weight is 387 g/mol. The Hall–Kier alpha value is -3.08. The lowest BCUT2D eigenvalue weighted by Crippen LogP contribution is -2.44. The van der Waals surface area contributed by atoms with Crippen LogP contribution in [0.5, 0.6) is 5.88 Å². The van der Waals surface area contributed by atoms with E-state index >= 15 is 0 Å². The number of pyridine rings is 1. The standard InChI is InChI=1S/C24H25N3O2/c1-16-11-19(20-14-25-17(2)26-15-20)6-7-21(16)24(9-4-10-24)22(28)12-18-5-8-23(29-3)27-13-18/h5-8,11,13-15H,4,9-10,12H2,1-3H3. The van der Waals surface area contributed by atoms with Gasteiger partial charge in [-0.1, -0.05) is 30.7 Å². The van der Waals surface area contributed by atoms with Crippen LogP contribution < -0.4 is 4.74 Å². The fraction of sp³-hybridized carbons (Fsp3) is 0.333. The molecule has 0 saturated heterocycles. The first kappa shape index (κ1) is 19.2. The SMILES string of the molecule is COc1ccc(CC(=O)C2(c3ccc(-c4cnc(C)nc4)cc3C)CCC2)cn1. The third kappa shape index (κ3) is 3.65. The number of aryl methyl sites for hydroxylation is 2. The number of Topliss-reactive ketones (excluding diaryl/α,β-unsaturated/α-hetero) is 1. The number of benzene rings is 1. The third-order valence-corrected chi connectivity index (χ3v) is 5.97. The van der Waals surface area contributed by atoms with E-state index in [1.54, 1.807) is 19.4 Å². The normalized spacial score (nSPS) is 14.9. The highest BCUT2D eigenvalue weighted by molar-refractivity contribution is 5.93. The fourth-order valence-corrected chi connectivity index (χ4v) is 4.14. The van der Waals surface area contributed by atoms with Gasteiger partial charge in [-0.3, -0.25) is 4.79 Å². The Balaban J connectivity index is 1.60. The second-order valence-corrected chi connectivity index (χ2v) is 7.79. The van der Waals surface area contributed by atoms with Gasteiger partial charge in [-0.25, -0.2) is 15.0 Å². The van der Waals surface area contributed by atoms with Crippen LogP contribution in [0, 0.1) is 13.8 Å². The number of carbonyl (C=O) groups excluding carboxylic acids is 1. The van der Waals surface area contributed by atoms with E-state index in [2.05, 4.69) is 40.1 Å². The summed E-state index contributed by atoms with van der Waals surface area (Å²) < 4.78 is 5.11. The van der Waals surface area contributed by atoms with Crippen molar-refractivity contribution in [3.63, 3.8) is 0 Å². The zero-order valence-corrected chi connectivity index (χ0v) is 17.1. The molecule has 1 fully saturated rings. The zero-order chi connectivity index (χ0) is 20.4. The molecule has 0 N–H and O–H groups in total. The Labute approximate surface area is 171 Å². The first-order valence-electron chi connectivity index (χ1n) is 9.94. The summed E-state index contributed by atoms with van der Waals surface area (Å²) in [4.78, 5) is 26.2. The van der Waals surface area contributed by atoms with Crippen LogP contribution >= 0.6 is 0 Å². The van der Waals surface area contributed by atoms with Crippen LogP contribution in [0.3, 0.4) is 0 Å². The third-order valence-electron chi connectivity index (χ3n) is 5.97. The molecule has 0 spiro atoms. The fourth-order valence-electron chi connectivity index (χ4n) is 4.14. The quantitative estimate of drug-likeness (QED) is 0.627. The molecule has 1 aliphatic rings. The first-order chi connectivity index (χ1) is 14.0. The van der Waals surface area contributed by atoms with E-state index in [4.69, 9.17) is 4.74 Å². The number of methoxy groups -OCH3 is 1. The van der Waals surface area contributed by atoms with Gasteiger partial charge in [0.1, 0.15) is 11.6 Å². The van der Waals surface area contributed by atoms with Gasteiger partial charge in [-0.2, -0.15) is 0 Å². The molecule has 1 aromatic carbocycles. The highest BCUT2D eigenvalue weighted by Gasteiger charge is 2.45. The summed E-state index contributed by atoms with van der Waals surface area (Å²) in [6.45, 7) is 3.97. The maximum atomic E-state index is 13.3. The van der Waals surface area contributed by atoms with Crippen molar-refractivity contribution in [2.24, 2.45) is 0 Å². The molecule has 0 radical (unpaired) electrons. The Morgan fingerprint density at radius 2 is 1.76 bits per heavy atom. The molecule has 29 heavy (non-hydrogen) atoms. The zero-order valence-electron chi connectivity index (χ0n) is 17.1. The van der Waals surface area contributed by atoms with E-state index in [0.717, 1.165) is 52.9 Å². The Morgan fingerprint density at radius 3 is 2.31 bits per heavy atom. The Morgan fingerprint density at radius 1 is 1.00 bits per heavy atom. The van der Waals surface area contributed by atoms with Crippen LogP contribution in [0.25, 0.3) is 11.1 Å². The van der Waals surface area contributed by atoms with Crippen molar-refractivity contribution in [3.05, 3.63) is 71.4 Å². The van der Waals surface area contributed by atoms with E-state index in [1.165, 1.54) is 0 Å². The summed E-state index contributed by atoms with van der Waals surface area (Å²) in [7, 11) is 1.59. The number of carbonyl (C=O) groups is 1. The van der Waals surface area contributed by atoms with Crippen molar-refractivity contribution >= 4 is 5.78 Å². The summed E-state index contributed by atoms with van der Waals surface area (Å²) >= 11 is 0. The number of ether oxygens (including phenoxy) is 1. The number of aromatic nitrogens is 3. The first-order valence-corrected chi connectivity index (χ1v) is 9.94. The van der Waals surface area contributed by atoms with Crippen LogP contribution in [-0.2, 0) is 16.6 Å². The van der Waals surface area contributed by atoms with Crippen LogP contribution in [0.4, 0.5) is 0 Å². The summed E-state index contributed by atoms with van der Waals surface area (Å²) in [6.07, 6.45) is 8.71. The minimum Gasteiger partial charge on any atom is -0.481 e. The van der Waals surface area contributed by atoms with E-state index < -0.39 is 0 Å². The van der Waals surface area contributed by atoms with Gasteiger partial charge in [0.25, 0.3) is 0 Å². The molecule has 0 bridgehead atoms. The molecule has 1 saturated carbocycles. The number of hydrogen-bond acceptors (Lipinski definition) is 5. The summed E-state index contributed by atoms with van der Waals surface area (Å²) in [6, 6.07) is 10.1. The van der Waals surface area contributed by atoms with E-state index in [1.807, 2.05) is 25.4 Å². The van der Waals surface area contributed by atoms with Crippen molar-refractivity contribution < 1.29 is 9.53 Å². The largest absolute Gasteiger partial charge is 0.481 e. The minimum atomic E-state index is -0.383. The van der Waals surface area contributed by atoms with Gasteiger partial charge in [-0.15, -0.1) is 0 Å². The van der Waals surface area contributed by atoms with Crippen molar-refractivity contribution in [3.8, 4) is 17.0 Å². The molecular weight excluding hydrogens is 362 g/mol. The second-order valence-electron chi connectivity index (χ2n) is 7.79. The van der Waals surface area contributed by atoms with E-state index in [-0.39, 0.29) is 11.2 Å². The monoisotopic (exact) mass is 387 g/mol. The maximum Gasteiger partial charge on any atom is 0.212 e. The molecule has 0 atom stereocenters. The van der Waals surface area contributed by atoms with Gasteiger partial charge in [0, 0.05) is 36.6 Å². The lowest BCUT2D eigenvalue weighted by molar-refractivity contribution is -0.127. The summed E-state index contributed by atoms with van der Waals surface area (Å²) in [5.41, 5.74) is 4.90. The van der Waals surface area contributed by atoms with Gasteiger partial charge >= 0.3 is 0 Å². The molecule has 0 amide bonds.